The molecule has 0 bridgehead atoms. The minimum absolute atomic E-state index is 0.252. The largest absolute Gasteiger partial charge is 0.456 e. The van der Waals surface area contributed by atoms with Crippen molar-refractivity contribution in [2.45, 2.75) is 20.8 Å². The molecule has 5 heteroatoms. The Bertz CT molecular complexity index is 774. The number of rotatable bonds is 6. The molecule has 25 heavy (non-hydrogen) atoms. The van der Waals surface area contributed by atoms with Crippen molar-refractivity contribution in [3.8, 4) is 0 Å². The Morgan fingerprint density at radius 3 is 2.16 bits per heavy atom. The van der Waals surface area contributed by atoms with Gasteiger partial charge in [0.05, 0.1) is 0 Å². The van der Waals surface area contributed by atoms with Crippen LogP contribution in [0, 0.1) is 20.8 Å². The molecular weight excluding hydrogens is 318 g/mol. The zero-order chi connectivity index (χ0) is 18.4. The molecule has 2 aromatic carbocycles. The number of amides is 1. The normalized spacial score (nSPS) is 10.2. The summed E-state index contributed by atoms with van der Waals surface area (Å²) in [7, 11) is 0. The van der Waals surface area contributed by atoms with E-state index in [9.17, 15) is 14.4 Å². The maximum absolute atomic E-state index is 12.3. The number of Topliss-reactive ketones (excluding diaryl/α,β-unsaturated/α-hetero) is 1. The molecule has 0 saturated heterocycles. The van der Waals surface area contributed by atoms with E-state index in [1.165, 1.54) is 0 Å². The first kappa shape index (κ1) is 18.4. The second kappa shape index (κ2) is 8.24. The average Bonchev–Trinajstić information content (AvgIpc) is 2.57. The molecule has 0 aliphatic rings. The van der Waals surface area contributed by atoms with Gasteiger partial charge in [-0.3, -0.25) is 14.4 Å². The second-order valence-corrected chi connectivity index (χ2v) is 5.91. The van der Waals surface area contributed by atoms with E-state index in [0.717, 1.165) is 16.7 Å². The van der Waals surface area contributed by atoms with Crippen LogP contribution in [-0.4, -0.2) is 30.8 Å². The van der Waals surface area contributed by atoms with Gasteiger partial charge < -0.3 is 10.1 Å². The summed E-state index contributed by atoms with van der Waals surface area (Å²) in [4.78, 5) is 35.9. The molecule has 0 unspecified atom stereocenters. The SMILES string of the molecule is Cc1cc(C)c(C(=O)COC(=O)CNC(=O)c2ccccc2)c(C)c1. The Balaban J connectivity index is 1.86. The predicted molar refractivity (Wildman–Crippen MR) is 94.7 cm³/mol. The number of aryl methyl sites for hydroxylation is 3. The van der Waals surface area contributed by atoms with Gasteiger partial charge in [-0.05, 0) is 44.0 Å². The maximum atomic E-state index is 12.3. The smallest absolute Gasteiger partial charge is 0.325 e. The molecule has 0 radical (unpaired) electrons. The van der Waals surface area contributed by atoms with Gasteiger partial charge in [0, 0.05) is 11.1 Å². The Kier molecular flexibility index (Phi) is 6.06. The van der Waals surface area contributed by atoms with E-state index in [4.69, 9.17) is 4.74 Å². The van der Waals surface area contributed by atoms with Gasteiger partial charge in [0.2, 0.25) is 5.78 Å². The summed E-state index contributed by atoms with van der Waals surface area (Å²) in [5.74, 6) is -1.27. The third-order valence-electron chi connectivity index (χ3n) is 3.75. The second-order valence-electron chi connectivity index (χ2n) is 5.91. The summed E-state index contributed by atoms with van der Waals surface area (Å²) >= 11 is 0. The minimum Gasteiger partial charge on any atom is -0.456 e. The van der Waals surface area contributed by atoms with E-state index in [-0.39, 0.29) is 24.8 Å². The molecular formula is C20H21NO4. The number of hydrogen-bond donors (Lipinski definition) is 1. The van der Waals surface area contributed by atoms with Crippen molar-refractivity contribution in [2.75, 3.05) is 13.2 Å². The molecule has 0 spiro atoms. The van der Waals surface area contributed by atoms with Crippen molar-refractivity contribution < 1.29 is 19.1 Å². The fourth-order valence-corrected chi connectivity index (χ4v) is 2.73. The Morgan fingerprint density at radius 1 is 0.960 bits per heavy atom. The lowest BCUT2D eigenvalue weighted by molar-refractivity contribution is -0.141. The van der Waals surface area contributed by atoms with Gasteiger partial charge in [-0.2, -0.15) is 0 Å². The molecule has 5 nitrogen and oxygen atoms in total. The van der Waals surface area contributed by atoms with E-state index < -0.39 is 5.97 Å². The molecule has 0 heterocycles. The van der Waals surface area contributed by atoms with Crippen molar-refractivity contribution in [3.05, 3.63) is 70.3 Å². The van der Waals surface area contributed by atoms with E-state index in [0.29, 0.717) is 11.1 Å². The van der Waals surface area contributed by atoms with Crippen LogP contribution in [0.25, 0.3) is 0 Å². The number of hydrogen-bond acceptors (Lipinski definition) is 4. The Morgan fingerprint density at radius 2 is 1.56 bits per heavy atom. The van der Waals surface area contributed by atoms with Crippen LogP contribution in [0.5, 0.6) is 0 Å². The first-order chi connectivity index (χ1) is 11.9. The van der Waals surface area contributed by atoms with Gasteiger partial charge in [0.15, 0.2) is 6.61 Å². The quantitative estimate of drug-likeness (QED) is 0.649. The van der Waals surface area contributed by atoms with Gasteiger partial charge >= 0.3 is 5.97 Å². The third-order valence-corrected chi connectivity index (χ3v) is 3.75. The summed E-state index contributed by atoms with van der Waals surface area (Å²) < 4.78 is 4.98. The molecule has 2 rings (SSSR count). The van der Waals surface area contributed by atoms with Gasteiger partial charge in [-0.1, -0.05) is 35.9 Å². The zero-order valence-electron chi connectivity index (χ0n) is 14.6. The van der Waals surface area contributed by atoms with Crippen LogP contribution >= 0.6 is 0 Å². The fourth-order valence-electron chi connectivity index (χ4n) is 2.73. The van der Waals surface area contributed by atoms with Crippen molar-refractivity contribution in [2.24, 2.45) is 0 Å². The highest BCUT2D eigenvalue weighted by Gasteiger charge is 2.15. The van der Waals surface area contributed by atoms with Crippen LogP contribution < -0.4 is 5.32 Å². The molecule has 0 aliphatic carbocycles. The lowest BCUT2D eigenvalue weighted by Gasteiger charge is -2.11. The van der Waals surface area contributed by atoms with E-state index in [1.807, 2.05) is 32.9 Å². The zero-order valence-corrected chi connectivity index (χ0v) is 14.6. The van der Waals surface area contributed by atoms with Crippen molar-refractivity contribution in [1.82, 2.24) is 5.32 Å². The number of benzene rings is 2. The molecule has 0 fully saturated rings. The van der Waals surface area contributed by atoms with Crippen LogP contribution in [0.4, 0.5) is 0 Å². The first-order valence-electron chi connectivity index (χ1n) is 7.98. The molecule has 130 valence electrons. The lowest BCUT2D eigenvalue weighted by Crippen LogP contribution is -2.31. The molecule has 2 aromatic rings. The summed E-state index contributed by atoms with van der Waals surface area (Å²) in [6, 6.07) is 12.4. The molecule has 0 atom stereocenters. The highest BCUT2D eigenvalue weighted by atomic mass is 16.5. The summed E-state index contributed by atoms with van der Waals surface area (Å²) in [6.45, 7) is 5.05. The van der Waals surface area contributed by atoms with Crippen molar-refractivity contribution >= 4 is 17.7 Å². The van der Waals surface area contributed by atoms with E-state index in [2.05, 4.69) is 5.32 Å². The van der Waals surface area contributed by atoms with Gasteiger partial charge in [0.1, 0.15) is 6.54 Å². The number of carbonyl (C=O) groups excluding carboxylic acids is 3. The summed E-state index contributed by atoms with van der Waals surface area (Å²) in [5.41, 5.74) is 3.82. The average molecular weight is 339 g/mol. The minimum atomic E-state index is -0.653. The van der Waals surface area contributed by atoms with Gasteiger partial charge in [-0.25, -0.2) is 0 Å². The maximum Gasteiger partial charge on any atom is 0.325 e. The van der Waals surface area contributed by atoms with Gasteiger partial charge in [0.25, 0.3) is 5.91 Å². The van der Waals surface area contributed by atoms with Gasteiger partial charge in [-0.15, -0.1) is 0 Å². The number of esters is 1. The van der Waals surface area contributed by atoms with E-state index in [1.54, 1.807) is 30.3 Å². The fraction of sp³-hybridized carbons (Fsp3) is 0.250. The van der Waals surface area contributed by atoms with Crippen LogP contribution in [0.15, 0.2) is 42.5 Å². The number of carbonyl (C=O) groups is 3. The number of ether oxygens (including phenoxy) is 1. The monoisotopic (exact) mass is 339 g/mol. The molecule has 0 aliphatic heterocycles. The van der Waals surface area contributed by atoms with Crippen LogP contribution in [0.2, 0.25) is 0 Å². The Labute approximate surface area is 147 Å². The molecule has 0 aromatic heterocycles. The topological polar surface area (TPSA) is 72.5 Å². The highest BCUT2D eigenvalue weighted by Crippen LogP contribution is 2.17. The van der Waals surface area contributed by atoms with Crippen molar-refractivity contribution in [1.29, 1.82) is 0 Å². The number of nitrogens with one attached hydrogen (secondary N) is 1. The molecule has 1 amide bonds. The predicted octanol–water partition coefficient (Wildman–Crippen LogP) is 2.77. The van der Waals surface area contributed by atoms with Crippen LogP contribution in [-0.2, 0) is 9.53 Å². The lowest BCUT2D eigenvalue weighted by atomic mass is 9.97. The third kappa shape index (κ3) is 5.01. The van der Waals surface area contributed by atoms with Crippen LogP contribution in [0.3, 0.4) is 0 Å². The molecule has 1 N–H and O–H groups in total. The summed E-state index contributed by atoms with van der Waals surface area (Å²) in [5, 5.41) is 2.47. The Hall–Kier alpha value is -2.95. The van der Waals surface area contributed by atoms with E-state index >= 15 is 0 Å². The number of ketones is 1. The highest BCUT2D eigenvalue weighted by molar-refractivity contribution is 6.01. The van der Waals surface area contributed by atoms with Crippen LogP contribution in [0.1, 0.15) is 37.4 Å². The molecule has 0 saturated carbocycles. The summed E-state index contributed by atoms with van der Waals surface area (Å²) in [6.07, 6.45) is 0. The first-order valence-corrected chi connectivity index (χ1v) is 7.98. The van der Waals surface area contributed by atoms with Crippen molar-refractivity contribution in [3.63, 3.8) is 0 Å². The standard InChI is InChI=1S/C20H21NO4/c1-13-9-14(2)19(15(3)10-13)17(22)12-25-18(23)11-21-20(24)16-7-5-4-6-8-16/h4-10H,11-12H2,1-3H3,(H,21,24).